The van der Waals surface area contributed by atoms with E-state index in [1.807, 2.05) is 30.3 Å². The number of carbonyl (C=O) groups is 1. The quantitative estimate of drug-likeness (QED) is 0.553. The molecule has 0 aliphatic rings. The fraction of sp³-hybridized carbons (Fsp3) is 0. The minimum Gasteiger partial charge on any atom is -0.353 e. The molecular weight excluding hydrogens is 344 g/mol. The molecule has 7 heteroatoms. The van der Waals surface area contributed by atoms with Crippen LogP contribution in [0.5, 0.6) is 0 Å². The molecule has 0 atom stereocenters. The predicted octanol–water partition coefficient (Wildman–Crippen LogP) is 4.82. The van der Waals surface area contributed by atoms with E-state index in [4.69, 9.17) is 0 Å². The number of hydrogen-bond donors (Lipinski definition) is 2. The Balaban J connectivity index is 1.57. The third-order valence-electron chi connectivity index (χ3n) is 3.67. The van der Waals surface area contributed by atoms with Gasteiger partial charge in [-0.2, -0.15) is 0 Å². The molecule has 0 aliphatic heterocycles. The van der Waals surface area contributed by atoms with E-state index in [1.165, 1.54) is 17.4 Å². The zero-order valence-electron chi connectivity index (χ0n) is 12.7. The first kappa shape index (κ1) is 15.5. The van der Waals surface area contributed by atoms with E-state index in [2.05, 4.69) is 15.3 Å². The van der Waals surface area contributed by atoms with Gasteiger partial charge in [0.05, 0.1) is 5.69 Å². The SMILES string of the molecule is O=C(Nc1ccc(F)c(F)c1)c1csc(-c2cc3ccccc3[nH]2)n1. The standard InChI is InChI=1S/C18H11F2N3OS/c19-12-6-5-11(8-13(12)20)21-17(24)16-9-25-18(23-16)15-7-10-3-1-2-4-14(10)22-15/h1-9,22H,(H,21,24). The van der Waals surface area contributed by atoms with Crippen LogP contribution in [0.3, 0.4) is 0 Å². The monoisotopic (exact) mass is 355 g/mol. The van der Waals surface area contributed by atoms with Crippen molar-refractivity contribution >= 4 is 33.8 Å². The van der Waals surface area contributed by atoms with Gasteiger partial charge in [-0.25, -0.2) is 13.8 Å². The molecule has 4 aromatic rings. The molecule has 0 unspecified atom stereocenters. The van der Waals surface area contributed by atoms with Gasteiger partial charge in [0, 0.05) is 28.0 Å². The molecule has 4 rings (SSSR count). The third kappa shape index (κ3) is 3.01. The van der Waals surface area contributed by atoms with Crippen LogP contribution in [0.1, 0.15) is 10.5 Å². The Morgan fingerprint density at radius 3 is 2.72 bits per heavy atom. The lowest BCUT2D eigenvalue weighted by atomic mass is 10.2. The van der Waals surface area contributed by atoms with Crippen molar-refractivity contribution in [3.8, 4) is 10.7 Å². The van der Waals surface area contributed by atoms with Crippen LogP contribution in [0.2, 0.25) is 0 Å². The second-order valence-corrected chi connectivity index (χ2v) is 6.25. The number of rotatable bonds is 3. The van der Waals surface area contributed by atoms with Crippen LogP contribution in [0.4, 0.5) is 14.5 Å². The summed E-state index contributed by atoms with van der Waals surface area (Å²) < 4.78 is 26.2. The first-order valence-corrected chi connectivity index (χ1v) is 8.28. The first-order chi connectivity index (χ1) is 12.1. The largest absolute Gasteiger partial charge is 0.353 e. The topological polar surface area (TPSA) is 57.8 Å². The highest BCUT2D eigenvalue weighted by Gasteiger charge is 2.14. The smallest absolute Gasteiger partial charge is 0.275 e. The molecule has 0 aliphatic carbocycles. The zero-order chi connectivity index (χ0) is 17.4. The summed E-state index contributed by atoms with van der Waals surface area (Å²) in [5.74, 6) is -2.47. The van der Waals surface area contributed by atoms with Gasteiger partial charge in [0.15, 0.2) is 11.6 Å². The number of amides is 1. The second kappa shape index (κ2) is 6.10. The van der Waals surface area contributed by atoms with Crippen molar-refractivity contribution in [2.75, 3.05) is 5.32 Å². The van der Waals surface area contributed by atoms with E-state index in [1.54, 1.807) is 5.38 Å². The summed E-state index contributed by atoms with van der Waals surface area (Å²) in [6, 6.07) is 13.0. The van der Waals surface area contributed by atoms with Gasteiger partial charge in [-0.1, -0.05) is 18.2 Å². The van der Waals surface area contributed by atoms with Crippen LogP contribution >= 0.6 is 11.3 Å². The van der Waals surface area contributed by atoms with Crippen molar-refractivity contribution < 1.29 is 13.6 Å². The van der Waals surface area contributed by atoms with Crippen LogP contribution in [-0.2, 0) is 0 Å². The van der Waals surface area contributed by atoms with Gasteiger partial charge in [-0.3, -0.25) is 4.79 Å². The molecule has 0 spiro atoms. The summed E-state index contributed by atoms with van der Waals surface area (Å²) >= 11 is 1.33. The molecule has 0 saturated carbocycles. The molecule has 25 heavy (non-hydrogen) atoms. The number of para-hydroxylation sites is 1. The summed E-state index contributed by atoms with van der Waals surface area (Å²) in [5.41, 5.74) is 2.19. The van der Waals surface area contributed by atoms with E-state index in [0.29, 0.717) is 5.01 Å². The highest BCUT2D eigenvalue weighted by atomic mass is 32.1. The number of fused-ring (bicyclic) bond motifs is 1. The van der Waals surface area contributed by atoms with Gasteiger partial charge in [0.25, 0.3) is 5.91 Å². The summed E-state index contributed by atoms with van der Waals surface area (Å²) in [6.07, 6.45) is 0. The molecule has 2 aromatic carbocycles. The van der Waals surface area contributed by atoms with Crippen molar-refractivity contribution in [2.45, 2.75) is 0 Å². The van der Waals surface area contributed by atoms with E-state index in [9.17, 15) is 13.6 Å². The third-order valence-corrected chi connectivity index (χ3v) is 4.55. The van der Waals surface area contributed by atoms with Crippen LogP contribution in [0.15, 0.2) is 53.9 Å². The summed E-state index contributed by atoms with van der Waals surface area (Å²) in [4.78, 5) is 19.8. The average Bonchev–Trinajstić information content (AvgIpc) is 3.24. The Bertz CT molecular complexity index is 1050. The maximum atomic E-state index is 13.2. The number of anilines is 1. The normalized spacial score (nSPS) is 11.0. The van der Waals surface area contributed by atoms with Crippen LogP contribution in [0, 0.1) is 11.6 Å². The first-order valence-electron chi connectivity index (χ1n) is 7.40. The Morgan fingerprint density at radius 2 is 1.92 bits per heavy atom. The predicted molar refractivity (Wildman–Crippen MR) is 93.7 cm³/mol. The van der Waals surface area contributed by atoms with Gasteiger partial charge >= 0.3 is 0 Å². The minimum absolute atomic E-state index is 0.170. The van der Waals surface area contributed by atoms with Gasteiger partial charge in [0.2, 0.25) is 0 Å². The highest BCUT2D eigenvalue weighted by Crippen LogP contribution is 2.27. The molecule has 2 N–H and O–H groups in total. The number of nitrogens with zero attached hydrogens (tertiary/aromatic N) is 1. The van der Waals surface area contributed by atoms with Crippen LogP contribution < -0.4 is 5.32 Å². The maximum absolute atomic E-state index is 13.2. The van der Waals surface area contributed by atoms with Gasteiger partial charge in [-0.05, 0) is 24.3 Å². The Hall–Kier alpha value is -3.06. The fourth-order valence-electron chi connectivity index (χ4n) is 2.46. The van der Waals surface area contributed by atoms with Crippen LogP contribution in [-0.4, -0.2) is 15.9 Å². The number of hydrogen-bond acceptors (Lipinski definition) is 3. The summed E-state index contributed by atoms with van der Waals surface area (Å²) in [6.45, 7) is 0. The Morgan fingerprint density at radius 1 is 1.08 bits per heavy atom. The number of H-pyrrole nitrogens is 1. The average molecular weight is 355 g/mol. The number of thiazole rings is 1. The van der Waals surface area contributed by atoms with Crippen molar-refractivity contribution in [3.63, 3.8) is 0 Å². The van der Waals surface area contributed by atoms with Crippen molar-refractivity contribution in [3.05, 3.63) is 71.2 Å². The molecule has 0 radical (unpaired) electrons. The van der Waals surface area contributed by atoms with Gasteiger partial charge in [-0.15, -0.1) is 11.3 Å². The lowest BCUT2D eigenvalue weighted by Crippen LogP contribution is -2.12. The number of nitrogens with one attached hydrogen (secondary N) is 2. The van der Waals surface area contributed by atoms with Crippen molar-refractivity contribution in [2.24, 2.45) is 0 Å². The van der Waals surface area contributed by atoms with E-state index in [0.717, 1.165) is 28.7 Å². The minimum atomic E-state index is -1.02. The molecule has 2 aromatic heterocycles. The molecule has 0 bridgehead atoms. The van der Waals surface area contributed by atoms with E-state index in [-0.39, 0.29) is 11.4 Å². The van der Waals surface area contributed by atoms with E-state index < -0.39 is 17.5 Å². The number of halogens is 2. The molecule has 0 fully saturated rings. The fourth-order valence-corrected chi connectivity index (χ4v) is 3.23. The summed E-state index contributed by atoms with van der Waals surface area (Å²) in [7, 11) is 0. The molecule has 2 heterocycles. The number of aromatic amines is 1. The zero-order valence-corrected chi connectivity index (χ0v) is 13.5. The second-order valence-electron chi connectivity index (χ2n) is 5.39. The maximum Gasteiger partial charge on any atom is 0.275 e. The molecule has 1 amide bonds. The molecule has 4 nitrogen and oxygen atoms in total. The van der Waals surface area contributed by atoms with Crippen molar-refractivity contribution in [1.29, 1.82) is 0 Å². The lowest BCUT2D eigenvalue weighted by molar-refractivity contribution is 0.102. The number of benzene rings is 2. The van der Waals surface area contributed by atoms with Crippen molar-refractivity contribution in [1.82, 2.24) is 9.97 Å². The van der Waals surface area contributed by atoms with Crippen LogP contribution in [0.25, 0.3) is 21.6 Å². The van der Waals surface area contributed by atoms with Gasteiger partial charge in [0.1, 0.15) is 10.7 Å². The number of carbonyl (C=O) groups excluding carboxylic acids is 1. The Kier molecular flexibility index (Phi) is 3.77. The highest BCUT2D eigenvalue weighted by molar-refractivity contribution is 7.13. The molecular formula is C18H11F2N3OS. The number of aromatic nitrogens is 2. The lowest BCUT2D eigenvalue weighted by Gasteiger charge is -2.03. The summed E-state index contributed by atoms with van der Waals surface area (Å²) in [5, 5.41) is 5.86. The molecule has 124 valence electrons. The molecule has 0 saturated heterocycles. The Labute approximate surface area is 145 Å². The van der Waals surface area contributed by atoms with E-state index >= 15 is 0 Å². The van der Waals surface area contributed by atoms with Gasteiger partial charge < -0.3 is 10.3 Å².